The SMILES string of the molecule is C=CCc1cc(C=NNC(=O)COc2ccccc2[C@@H]2NC(=S)NC(C)=C2C(=O)OCC)ccc1OCc1ccc(Cl)c(Cl)c1. The predicted octanol–water partition coefficient (Wildman–Crippen LogP) is 6.19. The molecule has 0 fully saturated rings. The number of carbonyl (C=O) groups excluding carboxylic acids is 2. The normalized spacial score (nSPS) is 14.4. The first kappa shape index (κ1) is 33.5. The van der Waals surface area contributed by atoms with Crippen LogP contribution in [0.1, 0.15) is 42.1 Å². The fraction of sp³-hybridized carbons (Fsp3) is 0.212. The van der Waals surface area contributed by atoms with Crippen molar-refractivity contribution in [2.24, 2.45) is 5.10 Å². The predicted molar refractivity (Wildman–Crippen MR) is 180 cm³/mol. The van der Waals surface area contributed by atoms with E-state index in [1.54, 1.807) is 50.3 Å². The van der Waals surface area contributed by atoms with E-state index in [0.29, 0.717) is 56.5 Å². The van der Waals surface area contributed by atoms with Crippen LogP contribution in [0.5, 0.6) is 11.5 Å². The molecule has 45 heavy (non-hydrogen) atoms. The number of carbonyl (C=O) groups is 2. The van der Waals surface area contributed by atoms with Crippen molar-refractivity contribution in [3.05, 3.63) is 117 Å². The smallest absolute Gasteiger partial charge is 0.338 e. The molecule has 0 bridgehead atoms. The first-order valence-electron chi connectivity index (χ1n) is 14.0. The summed E-state index contributed by atoms with van der Waals surface area (Å²) in [6.07, 6.45) is 3.88. The number of hydrogen-bond acceptors (Lipinski definition) is 7. The molecule has 9 nitrogen and oxygen atoms in total. The van der Waals surface area contributed by atoms with E-state index in [4.69, 9.17) is 49.6 Å². The van der Waals surface area contributed by atoms with E-state index in [1.807, 2.05) is 30.3 Å². The van der Waals surface area contributed by atoms with Crippen LogP contribution in [0.3, 0.4) is 0 Å². The Morgan fingerprint density at radius 1 is 1.07 bits per heavy atom. The second-order valence-electron chi connectivity index (χ2n) is 9.81. The molecule has 1 aliphatic heterocycles. The molecule has 4 rings (SSSR count). The molecular weight excluding hydrogens is 635 g/mol. The van der Waals surface area contributed by atoms with E-state index < -0.39 is 17.9 Å². The monoisotopic (exact) mass is 666 g/mol. The van der Waals surface area contributed by atoms with Crippen LogP contribution in [-0.2, 0) is 27.4 Å². The van der Waals surface area contributed by atoms with Gasteiger partial charge in [0.25, 0.3) is 5.91 Å². The first-order chi connectivity index (χ1) is 21.7. The topological polar surface area (TPSA) is 110 Å². The Hall–Kier alpha value is -4.38. The zero-order valence-electron chi connectivity index (χ0n) is 24.7. The van der Waals surface area contributed by atoms with Crippen LogP contribution < -0.4 is 25.5 Å². The number of hydrogen-bond donors (Lipinski definition) is 3. The van der Waals surface area contributed by atoms with Crippen molar-refractivity contribution >= 4 is 58.6 Å². The molecule has 1 amide bonds. The largest absolute Gasteiger partial charge is 0.489 e. The number of nitrogens with zero attached hydrogens (tertiary/aromatic N) is 1. The zero-order valence-corrected chi connectivity index (χ0v) is 27.0. The van der Waals surface area contributed by atoms with Crippen molar-refractivity contribution in [2.75, 3.05) is 13.2 Å². The average molecular weight is 668 g/mol. The quantitative estimate of drug-likeness (QED) is 0.0652. The molecule has 234 valence electrons. The highest BCUT2D eigenvalue weighted by molar-refractivity contribution is 7.80. The molecule has 1 aliphatic rings. The first-order valence-corrected chi connectivity index (χ1v) is 15.2. The van der Waals surface area contributed by atoms with Crippen LogP contribution in [-0.4, -0.2) is 36.4 Å². The average Bonchev–Trinajstić information content (AvgIpc) is 3.01. The van der Waals surface area contributed by atoms with Crippen molar-refractivity contribution in [3.8, 4) is 11.5 Å². The standard InChI is InChI=1S/C33H32Cl2N4O5S/c1-4-8-23-15-21(12-14-27(23)43-18-22-11-13-25(34)26(35)16-22)17-36-39-29(40)19-44-28-10-7-6-9-24(28)31-30(32(41)42-5-2)20(3)37-33(45)38-31/h4,6-7,9-17,31H,1,5,8,18-19H2,2-3H3,(H,39,40)(H2,37,38,45)/t31-/m0/s1. The highest BCUT2D eigenvalue weighted by Gasteiger charge is 2.32. The lowest BCUT2D eigenvalue weighted by Crippen LogP contribution is -2.45. The lowest BCUT2D eigenvalue weighted by atomic mass is 9.95. The minimum atomic E-state index is -0.629. The van der Waals surface area contributed by atoms with Gasteiger partial charge < -0.3 is 24.8 Å². The molecule has 3 aromatic rings. The lowest BCUT2D eigenvalue weighted by molar-refractivity contribution is -0.139. The van der Waals surface area contributed by atoms with Crippen molar-refractivity contribution in [1.29, 1.82) is 0 Å². The molecule has 3 N–H and O–H groups in total. The summed E-state index contributed by atoms with van der Waals surface area (Å²) in [4.78, 5) is 25.4. The number of halogens is 2. The van der Waals surface area contributed by atoms with Gasteiger partial charge in [-0.2, -0.15) is 5.10 Å². The number of nitrogens with one attached hydrogen (secondary N) is 3. The van der Waals surface area contributed by atoms with Crippen LogP contribution in [0.4, 0.5) is 0 Å². The second-order valence-corrected chi connectivity index (χ2v) is 11.0. The third kappa shape index (κ3) is 9.07. The molecule has 0 spiro atoms. The number of thiocarbonyl (C=S) groups is 1. The Balaban J connectivity index is 1.38. The molecule has 0 aliphatic carbocycles. The fourth-order valence-corrected chi connectivity index (χ4v) is 5.13. The minimum Gasteiger partial charge on any atom is -0.489 e. The van der Waals surface area contributed by atoms with Gasteiger partial charge in [-0.3, -0.25) is 4.79 Å². The Labute approximate surface area is 277 Å². The van der Waals surface area contributed by atoms with Gasteiger partial charge >= 0.3 is 5.97 Å². The van der Waals surface area contributed by atoms with Gasteiger partial charge in [0.15, 0.2) is 11.7 Å². The molecule has 0 radical (unpaired) electrons. The fourth-order valence-electron chi connectivity index (χ4n) is 4.54. The van der Waals surface area contributed by atoms with E-state index in [2.05, 4.69) is 27.7 Å². The molecule has 12 heteroatoms. The maximum absolute atomic E-state index is 12.8. The summed E-state index contributed by atoms with van der Waals surface area (Å²) in [5.41, 5.74) is 6.59. The summed E-state index contributed by atoms with van der Waals surface area (Å²) < 4.78 is 17.1. The van der Waals surface area contributed by atoms with Gasteiger partial charge in [0.1, 0.15) is 18.1 Å². The minimum absolute atomic E-state index is 0.221. The molecule has 3 aromatic carbocycles. The van der Waals surface area contributed by atoms with Gasteiger partial charge in [0.2, 0.25) is 0 Å². The number of hydrazone groups is 1. The number of rotatable bonds is 13. The Morgan fingerprint density at radius 2 is 1.87 bits per heavy atom. The summed E-state index contributed by atoms with van der Waals surface area (Å²) >= 11 is 17.4. The second kappa shape index (κ2) is 16.1. The molecular formula is C33H32Cl2N4O5S. The number of para-hydroxylation sites is 1. The van der Waals surface area contributed by atoms with E-state index in [-0.39, 0.29) is 13.2 Å². The van der Waals surface area contributed by atoms with Crippen LogP contribution in [0.2, 0.25) is 10.0 Å². The van der Waals surface area contributed by atoms with E-state index >= 15 is 0 Å². The van der Waals surface area contributed by atoms with Gasteiger partial charge in [-0.1, -0.05) is 53.5 Å². The van der Waals surface area contributed by atoms with Gasteiger partial charge in [-0.05, 0) is 85.6 Å². The van der Waals surface area contributed by atoms with Gasteiger partial charge in [-0.15, -0.1) is 6.58 Å². The summed E-state index contributed by atoms with van der Waals surface area (Å²) in [6.45, 7) is 7.54. The van der Waals surface area contributed by atoms with Crippen molar-refractivity contribution < 1.29 is 23.8 Å². The third-order valence-corrected chi connectivity index (χ3v) is 7.54. The molecule has 0 saturated carbocycles. The number of allylic oxidation sites excluding steroid dienone is 2. The summed E-state index contributed by atoms with van der Waals surface area (Å²) in [7, 11) is 0. The van der Waals surface area contributed by atoms with Crippen LogP contribution >= 0.6 is 35.4 Å². The van der Waals surface area contributed by atoms with E-state index in [0.717, 1.165) is 16.7 Å². The number of esters is 1. The van der Waals surface area contributed by atoms with Crippen LogP contribution in [0.25, 0.3) is 0 Å². The number of benzene rings is 3. The maximum Gasteiger partial charge on any atom is 0.338 e. The van der Waals surface area contributed by atoms with Crippen molar-refractivity contribution in [3.63, 3.8) is 0 Å². The summed E-state index contributed by atoms with van der Waals surface area (Å²) in [5.74, 6) is 0.139. The zero-order chi connectivity index (χ0) is 32.3. The number of amides is 1. The van der Waals surface area contributed by atoms with E-state index in [1.165, 1.54) is 6.21 Å². The Bertz CT molecular complexity index is 1660. The van der Waals surface area contributed by atoms with Gasteiger partial charge in [-0.25, -0.2) is 10.2 Å². The Morgan fingerprint density at radius 3 is 2.62 bits per heavy atom. The molecule has 0 unspecified atom stereocenters. The maximum atomic E-state index is 12.8. The van der Waals surface area contributed by atoms with Crippen LogP contribution in [0, 0.1) is 0 Å². The summed E-state index contributed by atoms with van der Waals surface area (Å²) in [6, 6.07) is 17.4. The van der Waals surface area contributed by atoms with Crippen molar-refractivity contribution in [2.45, 2.75) is 32.9 Å². The van der Waals surface area contributed by atoms with Crippen LogP contribution in [0.15, 0.2) is 89.7 Å². The van der Waals surface area contributed by atoms with Gasteiger partial charge in [0, 0.05) is 11.3 Å². The van der Waals surface area contributed by atoms with E-state index in [9.17, 15) is 9.59 Å². The lowest BCUT2D eigenvalue weighted by Gasteiger charge is -2.30. The third-order valence-electron chi connectivity index (χ3n) is 6.58. The summed E-state index contributed by atoms with van der Waals surface area (Å²) in [5, 5.41) is 11.4. The molecule has 1 atom stereocenters. The highest BCUT2D eigenvalue weighted by Crippen LogP contribution is 2.33. The highest BCUT2D eigenvalue weighted by atomic mass is 35.5. The molecule has 1 heterocycles. The van der Waals surface area contributed by atoms with Gasteiger partial charge in [0.05, 0.1) is 34.5 Å². The Kier molecular flexibility index (Phi) is 12.0. The number of ether oxygens (including phenoxy) is 3. The van der Waals surface area contributed by atoms with Crippen molar-refractivity contribution in [1.82, 2.24) is 16.1 Å². The molecule has 0 saturated heterocycles. The molecule has 0 aromatic heterocycles.